The zero-order valence-corrected chi connectivity index (χ0v) is 19.4. The highest BCUT2D eigenvalue weighted by Gasteiger charge is 2.26. The number of hydrogen-bond acceptors (Lipinski definition) is 3. The molecule has 0 unspecified atom stereocenters. The van der Waals surface area contributed by atoms with E-state index in [1.165, 1.54) is 11.0 Å². The molecule has 0 aliphatic rings. The molecule has 2 aromatic carbocycles. The Labute approximate surface area is 192 Å². The van der Waals surface area contributed by atoms with Gasteiger partial charge in [-0.3, -0.25) is 9.59 Å². The number of amides is 2. The highest BCUT2D eigenvalue weighted by Crippen LogP contribution is 2.27. The van der Waals surface area contributed by atoms with E-state index in [2.05, 4.69) is 5.32 Å². The summed E-state index contributed by atoms with van der Waals surface area (Å²) < 4.78 is 5.58. The Morgan fingerprint density at radius 1 is 1.03 bits per heavy atom. The molecule has 1 N–H and O–H groups in total. The van der Waals surface area contributed by atoms with E-state index in [0.29, 0.717) is 33.3 Å². The van der Waals surface area contributed by atoms with E-state index in [9.17, 15) is 9.59 Å². The van der Waals surface area contributed by atoms with Crippen molar-refractivity contribution in [1.29, 1.82) is 0 Å². The van der Waals surface area contributed by atoms with E-state index < -0.39 is 6.04 Å². The summed E-state index contributed by atoms with van der Waals surface area (Å²) in [6.45, 7) is 6.16. The molecular weight excluding hydrogens is 447 g/mol. The summed E-state index contributed by atoms with van der Waals surface area (Å²) in [6, 6.07) is 11.2. The average molecular weight is 472 g/mol. The molecular formula is C22H25Cl3N2O3. The van der Waals surface area contributed by atoms with Gasteiger partial charge in [0.15, 0.2) is 6.61 Å². The van der Waals surface area contributed by atoms with Crippen LogP contribution in [0.4, 0.5) is 0 Å². The van der Waals surface area contributed by atoms with Crippen LogP contribution >= 0.6 is 34.8 Å². The zero-order valence-electron chi connectivity index (χ0n) is 17.1. The van der Waals surface area contributed by atoms with Crippen molar-refractivity contribution < 1.29 is 14.3 Å². The quantitative estimate of drug-likeness (QED) is 0.546. The third-order valence-corrected chi connectivity index (χ3v) is 5.10. The number of halogens is 3. The van der Waals surface area contributed by atoms with Crippen molar-refractivity contribution in [3.05, 3.63) is 63.1 Å². The van der Waals surface area contributed by atoms with Gasteiger partial charge in [-0.15, -0.1) is 0 Å². The van der Waals surface area contributed by atoms with Crippen molar-refractivity contribution in [2.75, 3.05) is 13.2 Å². The van der Waals surface area contributed by atoms with Crippen molar-refractivity contribution in [2.45, 2.75) is 33.4 Å². The van der Waals surface area contributed by atoms with Gasteiger partial charge in [-0.05, 0) is 48.7 Å². The first kappa shape index (κ1) is 24.3. The number of ether oxygens (including phenoxy) is 1. The first-order valence-corrected chi connectivity index (χ1v) is 10.7. The molecule has 30 heavy (non-hydrogen) atoms. The summed E-state index contributed by atoms with van der Waals surface area (Å²) in [5.74, 6) is 0.0550. The van der Waals surface area contributed by atoms with E-state index in [0.717, 1.165) is 5.56 Å². The normalized spacial score (nSPS) is 11.8. The lowest BCUT2D eigenvalue weighted by Gasteiger charge is -2.29. The predicted molar refractivity (Wildman–Crippen MR) is 121 cm³/mol. The second-order valence-electron chi connectivity index (χ2n) is 7.33. The van der Waals surface area contributed by atoms with Crippen molar-refractivity contribution in [2.24, 2.45) is 5.92 Å². The molecule has 1 atom stereocenters. The van der Waals surface area contributed by atoms with E-state index in [1.54, 1.807) is 37.3 Å². The van der Waals surface area contributed by atoms with Crippen LogP contribution in [0.15, 0.2) is 42.5 Å². The molecule has 0 aliphatic carbocycles. The minimum Gasteiger partial charge on any atom is -0.482 e. The largest absolute Gasteiger partial charge is 0.482 e. The summed E-state index contributed by atoms with van der Waals surface area (Å²) in [7, 11) is 0. The van der Waals surface area contributed by atoms with Crippen molar-refractivity contribution in [1.82, 2.24) is 10.2 Å². The average Bonchev–Trinajstić information content (AvgIpc) is 2.68. The Morgan fingerprint density at radius 3 is 2.37 bits per heavy atom. The number of benzene rings is 2. The van der Waals surface area contributed by atoms with Gasteiger partial charge in [-0.2, -0.15) is 0 Å². The summed E-state index contributed by atoms with van der Waals surface area (Å²) in [4.78, 5) is 27.1. The molecule has 0 fully saturated rings. The van der Waals surface area contributed by atoms with Gasteiger partial charge < -0.3 is 15.0 Å². The second-order valence-corrected chi connectivity index (χ2v) is 8.61. The van der Waals surface area contributed by atoms with Gasteiger partial charge in [0.1, 0.15) is 11.8 Å². The third kappa shape index (κ3) is 7.38. The Bertz CT molecular complexity index is 890. The van der Waals surface area contributed by atoms with Gasteiger partial charge in [0.25, 0.3) is 5.91 Å². The standard InChI is InChI=1S/C22H25Cl3N2O3/c1-14(2)11-26-22(29)15(3)27(12-16-5-4-6-17(23)9-16)21(28)13-30-20-8-7-18(24)10-19(20)25/h4-10,14-15H,11-13H2,1-3H3,(H,26,29)/t15-/m1/s1. The van der Waals surface area contributed by atoms with Crippen LogP contribution in [0.25, 0.3) is 0 Å². The molecule has 8 heteroatoms. The molecule has 0 saturated carbocycles. The van der Waals surface area contributed by atoms with Crippen LogP contribution in [0.5, 0.6) is 5.75 Å². The number of nitrogens with zero attached hydrogens (tertiary/aromatic N) is 1. The highest BCUT2D eigenvalue weighted by atomic mass is 35.5. The van der Waals surface area contributed by atoms with Crippen LogP contribution in [-0.2, 0) is 16.1 Å². The molecule has 5 nitrogen and oxygen atoms in total. The predicted octanol–water partition coefficient (Wildman–Crippen LogP) is 5.22. The monoisotopic (exact) mass is 470 g/mol. The lowest BCUT2D eigenvalue weighted by atomic mass is 10.1. The lowest BCUT2D eigenvalue weighted by Crippen LogP contribution is -2.49. The molecule has 0 saturated heterocycles. The van der Waals surface area contributed by atoms with Crippen LogP contribution in [0.3, 0.4) is 0 Å². The van der Waals surface area contributed by atoms with Gasteiger partial charge in [0, 0.05) is 23.1 Å². The topological polar surface area (TPSA) is 58.6 Å². The van der Waals surface area contributed by atoms with Crippen LogP contribution in [0, 0.1) is 5.92 Å². The maximum atomic E-state index is 13.0. The Morgan fingerprint density at radius 2 is 1.73 bits per heavy atom. The van der Waals surface area contributed by atoms with Crippen LogP contribution in [0.1, 0.15) is 26.3 Å². The third-order valence-electron chi connectivity index (χ3n) is 4.34. The van der Waals surface area contributed by atoms with Crippen LogP contribution in [0.2, 0.25) is 15.1 Å². The summed E-state index contributed by atoms with van der Waals surface area (Å²) in [5, 5.41) is 4.20. The zero-order chi connectivity index (χ0) is 22.3. The lowest BCUT2D eigenvalue weighted by molar-refractivity contribution is -0.142. The minimum absolute atomic E-state index is 0.216. The van der Waals surface area contributed by atoms with Crippen molar-refractivity contribution >= 4 is 46.6 Å². The summed E-state index contributed by atoms with van der Waals surface area (Å²) in [5.41, 5.74) is 0.809. The minimum atomic E-state index is -0.695. The highest BCUT2D eigenvalue weighted by molar-refractivity contribution is 6.35. The van der Waals surface area contributed by atoms with Gasteiger partial charge in [-0.1, -0.05) is 60.8 Å². The SMILES string of the molecule is CC(C)CNC(=O)[C@@H](C)N(Cc1cccc(Cl)c1)C(=O)COc1ccc(Cl)cc1Cl. The molecule has 2 amide bonds. The van der Waals surface area contributed by atoms with Gasteiger partial charge in [-0.25, -0.2) is 0 Å². The number of hydrogen-bond donors (Lipinski definition) is 1. The van der Waals surface area contributed by atoms with Crippen LogP contribution < -0.4 is 10.1 Å². The van der Waals surface area contributed by atoms with Crippen molar-refractivity contribution in [3.63, 3.8) is 0 Å². The van der Waals surface area contributed by atoms with Gasteiger partial charge in [0.05, 0.1) is 5.02 Å². The number of rotatable bonds is 9. The van der Waals surface area contributed by atoms with E-state index in [4.69, 9.17) is 39.5 Å². The second kappa shape index (κ2) is 11.4. The molecule has 162 valence electrons. The van der Waals surface area contributed by atoms with Gasteiger partial charge >= 0.3 is 0 Å². The maximum Gasteiger partial charge on any atom is 0.261 e. The molecule has 2 rings (SSSR count). The smallest absolute Gasteiger partial charge is 0.261 e. The number of nitrogens with one attached hydrogen (secondary N) is 1. The fraction of sp³-hybridized carbons (Fsp3) is 0.364. The van der Waals surface area contributed by atoms with Crippen LogP contribution in [-0.4, -0.2) is 35.9 Å². The fourth-order valence-corrected chi connectivity index (χ4v) is 3.36. The molecule has 0 aliphatic heterocycles. The molecule has 0 bridgehead atoms. The molecule has 0 spiro atoms. The van der Waals surface area contributed by atoms with Crippen molar-refractivity contribution in [3.8, 4) is 5.75 Å². The summed E-state index contributed by atoms with van der Waals surface area (Å²) >= 11 is 18.1. The van der Waals surface area contributed by atoms with E-state index in [-0.39, 0.29) is 25.0 Å². The molecule has 0 aromatic heterocycles. The fourth-order valence-electron chi connectivity index (χ4n) is 2.68. The van der Waals surface area contributed by atoms with E-state index >= 15 is 0 Å². The molecule has 0 radical (unpaired) electrons. The Balaban J connectivity index is 2.15. The Kier molecular flexibility index (Phi) is 9.28. The number of carbonyl (C=O) groups excluding carboxylic acids is 2. The molecule has 2 aromatic rings. The van der Waals surface area contributed by atoms with Gasteiger partial charge in [0.2, 0.25) is 5.91 Å². The first-order valence-electron chi connectivity index (χ1n) is 9.57. The summed E-state index contributed by atoms with van der Waals surface area (Å²) in [6.07, 6.45) is 0. The van der Waals surface area contributed by atoms with E-state index in [1.807, 2.05) is 19.9 Å². The first-order chi connectivity index (χ1) is 14.2. The maximum absolute atomic E-state index is 13.0. The molecule has 0 heterocycles. The number of carbonyl (C=O) groups is 2. The Hall–Kier alpha value is -1.95.